The topological polar surface area (TPSA) is 124 Å². The fourth-order valence-electron chi connectivity index (χ4n) is 3.79. The van der Waals surface area contributed by atoms with Crippen molar-refractivity contribution in [1.82, 2.24) is 19.7 Å². The summed E-state index contributed by atoms with van der Waals surface area (Å²) < 4.78 is 6.88. The number of nitro groups is 1. The van der Waals surface area contributed by atoms with Crippen LogP contribution in [0.25, 0.3) is 5.82 Å². The Balaban J connectivity index is 1.26. The van der Waals surface area contributed by atoms with Gasteiger partial charge >= 0.3 is 5.97 Å². The predicted molar refractivity (Wildman–Crippen MR) is 123 cm³/mol. The van der Waals surface area contributed by atoms with Gasteiger partial charge in [0.1, 0.15) is 0 Å². The summed E-state index contributed by atoms with van der Waals surface area (Å²) in [4.78, 5) is 43.2. The smallest absolute Gasteiger partial charge is 0.340 e. The second kappa shape index (κ2) is 9.69. The van der Waals surface area contributed by atoms with E-state index in [1.54, 1.807) is 33.8 Å². The van der Waals surface area contributed by atoms with Gasteiger partial charge in [-0.3, -0.25) is 14.9 Å². The fraction of sp³-hybridized carbons (Fsp3) is 0.304. The van der Waals surface area contributed by atoms with Crippen molar-refractivity contribution in [3.8, 4) is 5.82 Å². The van der Waals surface area contributed by atoms with Gasteiger partial charge in [0.15, 0.2) is 12.4 Å². The second-order valence-electron chi connectivity index (χ2n) is 7.96. The summed E-state index contributed by atoms with van der Waals surface area (Å²) in [5, 5.41) is 15.2. The van der Waals surface area contributed by atoms with Crippen molar-refractivity contribution in [3.05, 3.63) is 75.7 Å². The van der Waals surface area contributed by atoms with Crippen molar-refractivity contribution in [1.29, 1.82) is 0 Å². The standard InChI is InChI=1S/C23H24N6O5/c1-16-13-17(2)28(25-16)21-8-3-18(14-24-21)23(31)34-15-22(30)27-11-9-26(10-12-27)19-4-6-20(7-5-19)29(32)33/h3-8,13-14H,9-12,15H2,1-2H3. The van der Waals surface area contributed by atoms with E-state index in [-0.39, 0.29) is 23.8 Å². The Hall–Kier alpha value is -4.28. The molecule has 0 saturated carbocycles. The molecule has 0 radical (unpaired) electrons. The van der Waals surface area contributed by atoms with Crippen molar-refractivity contribution >= 4 is 23.3 Å². The van der Waals surface area contributed by atoms with Crippen molar-refractivity contribution in [2.75, 3.05) is 37.7 Å². The molecule has 0 unspecified atom stereocenters. The highest BCUT2D eigenvalue weighted by Crippen LogP contribution is 2.20. The predicted octanol–water partition coefficient (Wildman–Crippen LogP) is 2.30. The van der Waals surface area contributed by atoms with Crippen molar-refractivity contribution in [2.24, 2.45) is 0 Å². The number of hydrogen-bond donors (Lipinski definition) is 0. The maximum Gasteiger partial charge on any atom is 0.340 e. The molecule has 0 bridgehead atoms. The zero-order valence-electron chi connectivity index (χ0n) is 18.9. The lowest BCUT2D eigenvalue weighted by atomic mass is 10.2. The molecule has 0 atom stereocenters. The molecule has 3 heterocycles. The first kappa shape index (κ1) is 22.9. The Kier molecular flexibility index (Phi) is 6.53. The number of hydrogen-bond acceptors (Lipinski definition) is 8. The van der Waals surface area contributed by atoms with Gasteiger partial charge in [-0.1, -0.05) is 0 Å². The molecule has 1 aromatic carbocycles. The Morgan fingerprint density at radius 1 is 1.06 bits per heavy atom. The first-order valence-electron chi connectivity index (χ1n) is 10.8. The highest BCUT2D eigenvalue weighted by molar-refractivity contribution is 5.91. The first-order valence-corrected chi connectivity index (χ1v) is 10.8. The number of rotatable bonds is 6. The lowest BCUT2D eigenvalue weighted by Crippen LogP contribution is -2.49. The monoisotopic (exact) mass is 464 g/mol. The number of non-ortho nitro benzene ring substituents is 1. The molecule has 11 heteroatoms. The van der Waals surface area contributed by atoms with Gasteiger partial charge in [-0.2, -0.15) is 5.10 Å². The number of carbonyl (C=O) groups excluding carboxylic acids is 2. The van der Waals surface area contributed by atoms with Crippen LogP contribution >= 0.6 is 0 Å². The number of aryl methyl sites for hydroxylation is 2. The molecule has 3 aromatic rings. The van der Waals surface area contributed by atoms with Crippen LogP contribution < -0.4 is 4.90 Å². The zero-order valence-corrected chi connectivity index (χ0v) is 18.9. The van der Waals surface area contributed by atoms with E-state index in [0.29, 0.717) is 32.0 Å². The molecule has 1 aliphatic rings. The summed E-state index contributed by atoms with van der Waals surface area (Å²) in [5.41, 5.74) is 2.95. The van der Waals surface area contributed by atoms with E-state index in [0.717, 1.165) is 17.1 Å². The number of pyridine rings is 1. The molecule has 11 nitrogen and oxygen atoms in total. The highest BCUT2D eigenvalue weighted by atomic mass is 16.6. The SMILES string of the molecule is Cc1cc(C)n(-c2ccc(C(=O)OCC(=O)N3CCN(c4ccc([N+](=O)[O-])cc4)CC3)cn2)n1. The minimum absolute atomic E-state index is 0.0378. The maximum absolute atomic E-state index is 12.5. The van der Waals surface area contributed by atoms with Crippen molar-refractivity contribution in [3.63, 3.8) is 0 Å². The molecule has 0 N–H and O–H groups in total. The van der Waals surface area contributed by atoms with Gasteiger partial charge in [-0.05, 0) is 44.2 Å². The van der Waals surface area contributed by atoms with Crippen LogP contribution in [0, 0.1) is 24.0 Å². The number of benzene rings is 1. The summed E-state index contributed by atoms with van der Waals surface area (Å²) in [6.07, 6.45) is 1.40. The number of anilines is 1. The summed E-state index contributed by atoms with van der Waals surface area (Å²) in [7, 11) is 0. The number of ether oxygens (including phenoxy) is 1. The third kappa shape index (κ3) is 5.03. The second-order valence-corrected chi connectivity index (χ2v) is 7.96. The van der Waals surface area contributed by atoms with Crippen LogP contribution in [0.5, 0.6) is 0 Å². The molecule has 1 fully saturated rings. The van der Waals surface area contributed by atoms with Crippen molar-refractivity contribution < 1.29 is 19.2 Å². The lowest BCUT2D eigenvalue weighted by Gasteiger charge is -2.36. The molecule has 2 aromatic heterocycles. The molecule has 0 aliphatic carbocycles. The Morgan fingerprint density at radius 2 is 1.76 bits per heavy atom. The third-order valence-corrected chi connectivity index (χ3v) is 5.59. The van der Waals surface area contributed by atoms with Gasteiger partial charge in [0.2, 0.25) is 0 Å². The summed E-state index contributed by atoms with van der Waals surface area (Å²) in [5.74, 6) is -0.307. The molecule has 1 aliphatic heterocycles. The minimum atomic E-state index is -0.620. The molecule has 4 rings (SSSR count). The number of nitrogens with zero attached hydrogens (tertiary/aromatic N) is 6. The molecule has 34 heavy (non-hydrogen) atoms. The van der Waals surface area contributed by atoms with Gasteiger partial charge in [0.05, 0.1) is 16.2 Å². The summed E-state index contributed by atoms with van der Waals surface area (Å²) >= 11 is 0. The fourth-order valence-corrected chi connectivity index (χ4v) is 3.79. The number of aromatic nitrogens is 3. The normalized spacial score (nSPS) is 13.6. The minimum Gasteiger partial charge on any atom is -0.452 e. The molecule has 176 valence electrons. The molecule has 1 amide bonds. The maximum atomic E-state index is 12.5. The Bertz CT molecular complexity index is 1200. The van der Waals surface area contributed by atoms with Gasteiger partial charge in [0, 0.05) is 55.9 Å². The lowest BCUT2D eigenvalue weighted by molar-refractivity contribution is -0.384. The van der Waals surface area contributed by atoms with E-state index in [9.17, 15) is 19.7 Å². The number of piperazine rings is 1. The number of carbonyl (C=O) groups is 2. The van der Waals surface area contributed by atoms with E-state index in [1.165, 1.54) is 18.3 Å². The first-order chi connectivity index (χ1) is 16.3. The molecule has 1 saturated heterocycles. The molecular weight excluding hydrogens is 440 g/mol. The van der Waals surface area contributed by atoms with Crippen LogP contribution in [0.15, 0.2) is 48.7 Å². The average Bonchev–Trinajstić information content (AvgIpc) is 3.20. The van der Waals surface area contributed by atoms with Gasteiger partial charge < -0.3 is 14.5 Å². The summed E-state index contributed by atoms with van der Waals surface area (Å²) in [6.45, 7) is 5.54. The van der Waals surface area contributed by atoms with Gasteiger partial charge in [-0.25, -0.2) is 14.5 Å². The molecule has 0 spiro atoms. The van der Waals surface area contributed by atoms with Crippen LogP contribution in [0.2, 0.25) is 0 Å². The Morgan fingerprint density at radius 3 is 2.32 bits per heavy atom. The summed E-state index contributed by atoms with van der Waals surface area (Å²) in [6, 6.07) is 11.5. The van der Waals surface area contributed by atoms with E-state index in [4.69, 9.17) is 4.74 Å². The van der Waals surface area contributed by atoms with Crippen LogP contribution in [0.4, 0.5) is 11.4 Å². The molecular formula is C23H24N6O5. The van der Waals surface area contributed by atoms with Gasteiger partial charge in [0.25, 0.3) is 11.6 Å². The zero-order chi connectivity index (χ0) is 24.2. The Labute approximate surface area is 195 Å². The number of esters is 1. The highest BCUT2D eigenvalue weighted by Gasteiger charge is 2.23. The number of amides is 1. The largest absolute Gasteiger partial charge is 0.452 e. The average molecular weight is 464 g/mol. The van der Waals surface area contributed by atoms with Crippen LogP contribution in [-0.2, 0) is 9.53 Å². The van der Waals surface area contributed by atoms with Crippen LogP contribution in [0.1, 0.15) is 21.7 Å². The van der Waals surface area contributed by atoms with E-state index in [1.807, 2.05) is 19.9 Å². The third-order valence-electron chi connectivity index (χ3n) is 5.59. The van der Waals surface area contributed by atoms with Crippen LogP contribution in [-0.4, -0.2) is 69.3 Å². The quantitative estimate of drug-likeness (QED) is 0.309. The number of nitro benzene ring substituents is 1. The van der Waals surface area contributed by atoms with Crippen molar-refractivity contribution in [2.45, 2.75) is 13.8 Å². The van der Waals surface area contributed by atoms with E-state index in [2.05, 4.69) is 15.0 Å². The van der Waals surface area contributed by atoms with Crippen LogP contribution in [0.3, 0.4) is 0 Å². The van der Waals surface area contributed by atoms with E-state index < -0.39 is 10.9 Å². The van der Waals surface area contributed by atoms with E-state index >= 15 is 0 Å². The van der Waals surface area contributed by atoms with Gasteiger partial charge in [-0.15, -0.1) is 0 Å².